The summed E-state index contributed by atoms with van der Waals surface area (Å²) in [6, 6.07) is 0. The Hall–Kier alpha value is -1.75. The molecule has 0 saturated carbocycles. The molecule has 9 aliphatic rings. The summed E-state index contributed by atoms with van der Waals surface area (Å²) in [7, 11) is 0. The van der Waals surface area contributed by atoms with Crippen molar-refractivity contribution in [1.82, 2.24) is 29.4 Å². The van der Waals surface area contributed by atoms with Gasteiger partial charge in [-0.2, -0.15) is 0 Å². The van der Waals surface area contributed by atoms with E-state index in [1.54, 1.807) is 0 Å². The van der Waals surface area contributed by atoms with Crippen LogP contribution in [0.1, 0.15) is 6.92 Å². The molecule has 258 valence electrons. The van der Waals surface area contributed by atoms with Crippen LogP contribution >= 0.6 is 0 Å². The lowest BCUT2D eigenvalue weighted by Gasteiger charge is -2.59. The van der Waals surface area contributed by atoms with Crippen molar-refractivity contribution in [2.75, 3.05) is 92.5 Å². The molecular formula is C28H46N8O10. The highest BCUT2D eigenvalue weighted by molar-refractivity contribution is 5.66. The molecule has 18 nitrogen and oxygen atoms in total. The summed E-state index contributed by atoms with van der Waals surface area (Å²) in [5.74, 6) is -0.747. The summed E-state index contributed by atoms with van der Waals surface area (Å²) >= 11 is 0. The van der Waals surface area contributed by atoms with Crippen molar-refractivity contribution >= 4 is 18.4 Å². The van der Waals surface area contributed by atoms with E-state index in [2.05, 4.69) is 29.4 Å². The number of aliphatic hydroxyl groups is 5. The summed E-state index contributed by atoms with van der Waals surface area (Å²) < 4.78 is 22.9. The van der Waals surface area contributed by atoms with Crippen molar-refractivity contribution < 1.29 is 49.3 Å². The lowest BCUT2D eigenvalue weighted by atomic mass is 9.91. The van der Waals surface area contributed by atoms with Crippen molar-refractivity contribution in [3.63, 3.8) is 0 Å². The van der Waals surface area contributed by atoms with E-state index in [4.69, 9.17) is 28.9 Å². The Morgan fingerprint density at radius 2 is 1.33 bits per heavy atom. The lowest BCUT2D eigenvalue weighted by molar-refractivity contribution is -0.315. The molecule has 0 aliphatic carbocycles. The van der Waals surface area contributed by atoms with Gasteiger partial charge in [-0.15, -0.1) is 0 Å². The fraction of sp³-hybridized carbons (Fsp3) is 0.893. The summed E-state index contributed by atoms with van der Waals surface area (Å²) in [4.78, 5) is 35.3. The second kappa shape index (κ2) is 12.9. The van der Waals surface area contributed by atoms with Gasteiger partial charge in [-0.3, -0.25) is 44.2 Å². The Bertz CT molecular complexity index is 1110. The highest BCUT2D eigenvalue weighted by Gasteiger charge is 2.51. The molecule has 0 spiro atoms. The van der Waals surface area contributed by atoms with E-state index in [-0.39, 0.29) is 0 Å². The Morgan fingerprint density at radius 1 is 0.848 bits per heavy atom. The maximum absolute atomic E-state index is 11.8. The second-order valence-electron chi connectivity index (χ2n) is 14.0. The van der Waals surface area contributed by atoms with Gasteiger partial charge < -0.3 is 44.5 Å². The van der Waals surface area contributed by atoms with Crippen molar-refractivity contribution in [1.29, 1.82) is 0 Å². The van der Waals surface area contributed by atoms with Crippen LogP contribution in [0.15, 0.2) is 9.98 Å². The van der Waals surface area contributed by atoms with Crippen LogP contribution in [-0.4, -0.2) is 226 Å². The predicted octanol–water partition coefficient (Wildman–Crippen LogP) is -5.30. The molecule has 8 atom stereocenters. The van der Waals surface area contributed by atoms with Crippen LogP contribution in [0.3, 0.4) is 0 Å². The topological polar surface area (TPSA) is 199 Å². The van der Waals surface area contributed by atoms with E-state index >= 15 is 0 Å². The number of hydrogen-bond acceptors (Lipinski definition) is 18. The van der Waals surface area contributed by atoms with Gasteiger partial charge in [0.25, 0.3) is 0 Å². The first-order valence-electron chi connectivity index (χ1n) is 15.9. The first kappa shape index (κ1) is 32.8. The molecule has 0 unspecified atom stereocenters. The van der Waals surface area contributed by atoms with Gasteiger partial charge in [-0.25, -0.2) is 0 Å². The fourth-order valence-corrected chi connectivity index (χ4v) is 8.37. The zero-order valence-electron chi connectivity index (χ0n) is 26.0. The molecule has 0 amide bonds. The molecule has 0 aromatic carbocycles. The van der Waals surface area contributed by atoms with Crippen molar-refractivity contribution in [2.24, 2.45) is 9.98 Å². The third kappa shape index (κ3) is 6.61. The van der Waals surface area contributed by atoms with Gasteiger partial charge in [0.15, 0.2) is 18.7 Å². The van der Waals surface area contributed by atoms with Crippen molar-refractivity contribution in [3.05, 3.63) is 0 Å². The van der Waals surface area contributed by atoms with Crippen LogP contribution in [0.2, 0.25) is 0 Å². The van der Waals surface area contributed by atoms with Crippen LogP contribution < -0.4 is 0 Å². The Balaban J connectivity index is 1.10. The molecule has 18 heteroatoms. The van der Waals surface area contributed by atoms with Crippen LogP contribution in [0.25, 0.3) is 0 Å². The minimum Gasteiger partial charge on any atom is -0.457 e. The predicted molar refractivity (Wildman–Crippen MR) is 158 cm³/mol. The third-order valence-electron chi connectivity index (χ3n) is 9.75. The fourth-order valence-electron chi connectivity index (χ4n) is 8.37. The molecule has 0 aromatic rings. The van der Waals surface area contributed by atoms with Gasteiger partial charge in [-0.1, -0.05) is 0 Å². The number of aliphatic imine (C=N–C) groups is 2. The lowest BCUT2D eigenvalue weighted by Crippen LogP contribution is -2.75. The molecule has 46 heavy (non-hydrogen) atoms. The molecule has 5 N–H and O–H groups in total. The molecule has 0 radical (unpaired) electrons. The van der Waals surface area contributed by atoms with Gasteiger partial charge in [0.2, 0.25) is 0 Å². The maximum atomic E-state index is 11.8. The maximum Gasteiger partial charge on any atom is 0.303 e. The molecule has 9 aliphatic heterocycles. The first-order valence-corrected chi connectivity index (χ1v) is 15.9. The molecule has 9 rings (SSSR count). The largest absolute Gasteiger partial charge is 0.457 e. The molecule has 0 aromatic heterocycles. The highest BCUT2D eigenvalue weighted by atomic mass is 16.7. The quantitative estimate of drug-likeness (QED) is 0.0759. The number of carbonyl (C=O) groups excluding carboxylic acids is 1. The van der Waals surface area contributed by atoms with Crippen LogP contribution in [0.4, 0.5) is 0 Å². The average Bonchev–Trinajstić information content (AvgIpc) is 2.99. The number of esters is 1. The summed E-state index contributed by atoms with van der Waals surface area (Å²) in [5, 5.41) is 52.9. The zero-order valence-corrected chi connectivity index (χ0v) is 26.0. The Labute approximate surface area is 266 Å². The smallest absolute Gasteiger partial charge is 0.303 e. The summed E-state index contributed by atoms with van der Waals surface area (Å²) in [5.41, 5.74) is -0.860. The van der Waals surface area contributed by atoms with Gasteiger partial charge >= 0.3 is 5.97 Å². The van der Waals surface area contributed by atoms with Crippen molar-refractivity contribution in [3.8, 4) is 0 Å². The second-order valence-corrected chi connectivity index (χ2v) is 14.0. The molecular weight excluding hydrogens is 608 g/mol. The summed E-state index contributed by atoms with van der Waals surface area (Å²) in [6.07, 6.45) is -8.36. The standard InChI is InChI=1S/C28H46N8O10/c1-18(39)43-25-23(41)21(5-38)46-26(24(25)42)45-19(2-29-27-6-31-12-32(7-27)14-33(8-27)13-31)20(4-37)44-22(40)3-30-28-9-34-15-35(10-28)17-36(11-28)16-34/h2-3,19-26,37-38,40-42H,4-17H2,1H3/t19-,20+,21+,22-,23-,24+,25-,26+/m0/s1. The van der Waals surface area contributed by atoms with Gasteiger partial charge in [0, 0.05) is 52.4 Å². The number of hydrogen-bond donors (Lipinski definition) is 5. The molecule has 9 heterocycles. The van der Waals surface area contributed by atoms with Gasteiger partial charge in [0.05, 0.1) is 70.5 Å². The number of rotatable bonds is 12. The minimum absolute atomic E-state index is 0.393. The molecule has 9 fully saturated rings. The number of ether oxygens (including phenoxy) is 4. The van der Waals surface area contributed by atoms with Crippen LogP contribution in [-0.2, 0) is 23.7 Å². The SMILES string of the molecule is CC(=O)O[C@H]1[C@@H](O)[C@@H](CO)O[C@@H](O[C@@H](C=NC23CN4CN(CN(C4)C2)C3)[C@@H](CO)O[C@H](O)C=NC23CN4CN(CN(C4)C2)C3)[C@@H]1O. The van der Waals surface area contributed by atoms with Crippen LogP contribution in [0.5, 0.6) is 0 Å². The third-order valence-corrected chi connectivity index (χ3v) is 9.75. The van der Waals surface area contributed by atoms with Gasteiger partial charge in [0.1, 0.15) is 30.5 Å². The molecule has 9 saturated heterocycles. The van der Waals surface area contributed by atoms with E-state index in [9.17, 15) is 30.3 Å². The van der Waals surface area contributed by atoms with Crippen LogP contribution in [0, 0.1) is 0 Å². The highest BCUT2D eigenvalue weighted by Crippen LogP contribution is 2.33. The summed E-state index contributed by atoms with van der Waals surface area (Å²) in [6.45, 7) is 9.68. The Kier molecular flexibility index (Phi) is 9.22. The van der Waals surface area contributed by atoms with E-state index in [0.29, 0.717) is 0 Å². The number of carbonyl (C=O) groups is 1. The van der Waals surface area contributed by atoms with Gasteiger partial charge in [-0.05, 0) is 0 Å². The van der Waals surface area contributed by atoms with E-state index < -0.39 is 79.5 Å². The number of aliphatic hydroxyl groups excluding tert-OH is 5. The molecule has 8 bridgehead atoms. The normalized spacial score (nSPS) is 47.9. The minimum atomic E-state index is -1.65. The van der Waals surface area contributed by atoms with E-state index in [1.807, 2.05) is 0 Å². The first-order chi connectivity index (χ1) is 22.0. The monoisotopic (exact) mass is 654 g/mol. The zero-order chi connectivity index (χ0) is 32.2. The average molecular weight is 655 g/mol. The van der Waals surface area contributed by atoms with Crippen molar-refractivity contribution in [2.45, 2.75) is 67.2 Å². The van der Waals surface area contributed by atoms with E-state index in [0.717, 1.165) is 86.2 Å². The number of nitrogens with zero attached hydrogens (tertiary/aromatic N) is 8. The van der Waals surface area contributed by atoms with E-state index in [1.165, 1.54) is 12.4 Å². The Morgan fingerprint density at radius 3 is 1.76 bits per heavy atom.